The third-order valence-corrected chi connectivity index (χ3v) is 4.37. The molecule has 3 rings (SSSR count). The van der Waals surface area contributed by atoms with Crippen LogP contribution < -0.4 is 0 Å². The van der Waals surface area contributed by atoms with Gasteiger partial charge in [-0.15, -0.1) is 0 Å². The molecule has 0 aromatic rings. The maximum absolute atomic E-state index is 8.56. The number of hydrogen-bond acceptors (Lipinski definition) is 1. The Hall–Kier alpha value is -0.730. The predicted octanol–water partition coefficient (Wildman–Crippen LogP) is 5.29. The molecule has 0 saturated heterocycles. The molecule has 2 N–H and O–H groups in total. The van der Waals surface area contributed by atoms with Crippen molar-refractivity contribution in [2.24, 2.45) is 5.41 Å². The van der Waals surface area contributed by atoms with Gasteiger partial charge in [-0.25, -0.2) is 4.79 Å². The zero-order valence-corrected chi connectivity index (χ0v) is 11.5. The van der Waals surface area contributed by atoms with Crippen molar-refractivity contribution in [3.05, 3.63) is 0 Å². The summed E-state index contributed by atoms with van der Waals surface area (Å²) in [6.45, 7) is 0. The van der Waals surface area contributed by atoms with Crippen LogP contribution in [0.1, 0.15) is 83.5 Å². The first-order chi connectivity index (χ1) is 8.65. The lowest BCUT2D eigenvalue weighted by atomic mass is 9.87. The van der Waals surface area contributed by atoms with E-state index in [0.717, 1.165) is 5.41 Å². The van der Waals surface area contributed by atoms with Crippen LogP contribution >= 0.6 is 0 Å². The van der Waals surface area contributed by atoms with Gasteiger partial charge >= 0.3 is 6.16 Å². The van der Waals surface area contributed by atoms with Crippen molar-refractivity contribution in [3.63, 3.8) is 0 Å². The molecule has 0 heterocycles. The quantitative estimate of drug-likeness (QED) is 0.618. The van der Waals surface area contributed by atoms with Crippen LogP contribution in [0.2, 0.25) is 0 Å². The van der Waals surface area contributed by atoms with E-state index in [9.17, 15) is 0 Å². The molecule has 3 aliphatic carbocycles. The Labute approximate surface area is 111 Å². The molecule has 0 aliphatic heterocycles. The first kappa shape index (κ1) is 15.3. The predicted molar refractivity (Wildman–Crippen MR) is 73.1 cm³/mol. The van der Waals surface area contributed by atoms with Crippen LogP contribution in [0.5, 0.6) is 0 Å². The van der Waals surface area contributed by atoms with Crippen LogP contribution in [0, 0.1) is 5.41 Å². The van der Waals surface area contributed by atoms with Gasteiger partial charge in [-0.3, -0.25) is 0 Å². The summed E-state index contributed by atoms with van der Waals surface area (Å²) < 4.78 is 0. The topological polar surface area (TPSA) is 57.5 Å². The second-order valence-corrected chi connectivity index (χ2v) is 5.96. The van der Waals surface area contributed by atoms with Crippen molar-refractivity contribution in [3.8, 4) is 0 Å². The van der Waals surface area contributed by atoms with Gasteiger partial charge in [-0.1, -0.05) is 57.8 Å². The first-order valence-corrected chi connectivity index (χ1v) is 7.57. The highest BCUT2D eigenvalue weighted by Crippen LogP contribution is 2.55. The van der Waals surface area contributed by atoms with Crippen LogP contribution in [-0.4, -0.2) is 16.4 Å². The molecule has 18 heavy (non-hydrogen) atoms. The highest BCUT2D eigenvalue weighted by Gasteiger charge is 2.42. The molecule has 3 nitrogen and oxygen atoms in total. The first-order valence-electron chi connectivity index (χ1n) is 7.57. The molecule has 0 bridgehead atoms. The molecule has 0 radical (unpaired) electrons. The number of carboxylic acid groups (broad SMARTS) is 2. The lowest BCUT2D eigenvalue weighted by molar-refractivity contribution is 0.137. The Balaban J connectivity index is 0.000000145. The molecule has 3 heteroatoms. The van der Waals surface area contributed by atoms with Crippen LogP contribution in [0.4, 0.5) is 4.79 Å². The van der Waals surface area contributed by atoms with Crippen molar-refractivity contribution in [2.45, 2.75) is 83.5 Å². The minimum atomic E-state index is -1.83. The summed E-state index contributed by atoms with van der Waals surface area (Å²) >= 11 is 0. The maximum Gasteiger partial charge on any atom is 0.503 e. The molecular formula is C15H28O3. The lowest BCUT2D eigenvalue weighted by Crippen LogP contribution is -2.05. The summed E-state index contributed by atoms with van der Waals surface area (Å²) in [4.78, 5) is 8.56. The molecule has 0 unspecified atom stereocenters. The van der Waals surface area contributed by atoms with Crippen molar-refractivity contribution in [2.75, 3.05) is 0 Å². The smallest absolute Gasteiger partial charge is 0.450 e. The molecule has 3 aliphatic rings. The van der Waals surface area contributed by atoms with Gasteiger partial charge in [0, 0.05) is 0 Å². The third-order valence-electron chi connectivity index (χ3n) is 4.37. The van der Waals surface area contributed by atoms with Gasteiger partial charge in [-0.05, 0) is 31.1 Å². The monoisotopic (exact) mass is 256 g/mol. The zero-order valence-electron chi connectivity index (χ0n) is 11.5. The average Bonchev–Trinajstić information content (AvgIpc) is 3.12. The third kappa shape index (κ3) is 7.57. The minimum Gasteiger partial charge on any atom is -0.450 e. The Morgan fingerprint density at radius 1 is 0.611 bits per heavy atom. The molecular weight excluding hydrogens is 228 g/mol. The molecule has 0 aromatic heterocycles. The fraction of sp³-hybridized carbons (Fsp3) is 0.933. The van der Waals surface area contributed by atoms with Gasteiger partial charge in [0.2, 0.25) is 0 Å². The van der Waals surface area contributed by atoms with Crippen molar-refractivity contribution < 1.29 is 15.0 Å². The van der Waals surface area contributed by atoms with Gasteiger partial charge in [0.25, 0.3) is 0 Å². The SMILES string of the molecule is C1CCC2(CC1)CC2.C1CCCCC1.O=C(O)O. The largest absolute Gasteiger partial charge is 0.503 e. The molecule has 1 spiro atoms. The Bertz CT molecular complexity index is 206. The van der Waals surface area contributed by atoms with E-state index in [-0.39, 0.29) is 0 Å². The fourth-order valence-electron chi connectivity index (χ4n) is 3.04. The number of rotatable bonds is 0. The van der Waals surface area contributed by atoms with E-state index >= 15 is 0 Å². The standard InChI is InChI=1S/C8H14.C6H12.CH2O3/c1-2-4-8(5-3-1)6-7-8;1-2-4-6-5-3-1;2-1(3)4/h1-7H2;1-6H2;(H2,2,3,4). The van der Waals surface area contributed by atoms with E-state index in [1.54, 1.807) is 25.7 Å². The normalized spacial score (nSPS) is 24.0. The van der Waals surface area contributed by atoms with Crippen molar-refractivity contribution >= 4 is 6.16 Å². The van der Waals surface area contributed by atoms with Gasteiger partial charge in [0.15, 0.2) is 0 Å². The molecule has 3 saturated carbocycles. The van der Waals surface area contributed by atoms with Gasteiger partial charge in [0.05, 0.1) is 0 Å². The highest BCUT2D eigenvalue weighted by molar-refractivity contribution is 5.53. The molecule has 0 atom stereocenters. The van der Waals surface area contributed by atoms with E-state index in [4.69, 9.17) is 15.0 Å². The van der Waals surface area contributed by atoms with Crippen LogP contribution in [0.3, 0.4) is 0 Å². The summed E-state index contributed by atoms with van der Waals surface area (Å²) in [7, 11) is 0. The maximum atomic E-state index is 8.56. The Morgan fingerprint density at radius 2 is 0.889 bits per heavy atom. The molecule has 0 amide bonds. The van der Waals surface area contributed by atoms with Crippen LogP contribution in [0.15, 0.2) is 0 Å². The lowest BCUT2D eigenvalue weighted by Gasteiger charge is -2.19. The Kier molecular flexibility index (Phi) is 7.14. The average molecular weight is 256 g/mol. The van der Waals surface area contributed by atoms with E-state index in [2.05, 4.69) is 0 Å². The fourth-order valence-corrected chi connectivity index (χ4v) is 3.04. The van der Waals surface area contributed by atoms with Crippen LogP contribution in [0.25, 0.3) is 0 Å². The molecule has 106 valence electrons. The van der Waals surface area contributed by atoms with E-state index < -0.39 is 6.16 Å². The van der Waals surface area contributed by atoms with E-state index in [1.807, 2.05) is 0 Å². The molecule has 0 aromatic carbocycles. The zero-order chi connectivity index (χ0) is 13.3. The van der Waals surface area contributed by atoms with Gasteiger partial charge in [0.1, 0.15) is 0 Å². The van der Waals surface area contributed by atoms with E-state index in [1.165, 1.54) is 57.8 Å². The molecule has 3 fully saturated rings. The number of hydrogen-bond donors (Lipinski definition) is 2. The van der Waals surface area contributed by atoms with E-state index in [0.29, 0.717) is 0 Å². The number of carbonyl (C=O) groups is 1. The summed E-state index contributed by atoms with van der Waals surface area (Å²) in [6, 6.07) is 0. The summed E-state index contributed by atoms with van der Waals surface area (Å²) in [6.07, 6.45) is 18.0. The van der Waals surface area contributed by atoms with Gasteiger partial charge in [-0.2, -0.15) is 0 Å². The highest BCUT2D eigenvalue weighted by atomic mass is 16.6. The summed E-state index contributed by atoms with van der Waals surface area (Å²) in [5, 5.41) is 13.9. The second kappa shape index (κ2) is 8.39. The summed E-state index contributed by atoms with van der Waals surface area (Å²) in [5.41, 5.74) is 0.929. The second-order valence-electron chi connectivity index (χ2n) is 5.96. The van der Waals surface area contributed by atoms with Gasteiger partial charge < -0.3 is 10.2 Å². The minimum absolute atomic E-state index is 0.929. The Morgan fingerprint density at radius 3 is 1.11 bits per heavy atom. The van der Waals surface area contributed by atoms with Crippen molar-refractivity contribution in [1.82, 2.24) is 0 Å². The van der Waals surface area contributed by atoms with Crippen LogP contribution in [-0.2, 0) is 0 Å². The van der Waals surface area contributed by atoms with Crippen molar-refractivity contribution in [1.29, 1.82) is 0 Å². The summed E-state index contributed by atoms with van der Waals surface area (Å²) in [5.74, 6) is 0.